The number of aromatic nitrogens is 6. The van der Waals surface area contributed by atoms with Crippen molar-refractivity contribution in [3.8, 4) is 11.3 Å². The van der Waals surface area contributed by atoms with Crippen molar-refractivity contribution < 1.29 is 4.39 Å². The molecule has 1 aliphatic rings. The SMILES string of the molecule is CC(C)c1cnn2c(N[C@@]3(C)CCc4nc[nH]c4C3)cc(-c3cncc(F)c3)nc12. The van der Waals surface area contributed by atoms with Gasteiger partial charge in [-0.05, 0) is 31.7 Å². The number of aryl methyl sites for hydroxylation is 1. The quantitative estimate of drug-likeness (QED) is 0.533. The fourth-order valence-electron chi connectivity index (χ4n) is 4.18. The summed E-state index contributed by atoms with van der Waals surface area (Å²) in [5, 5.41) is 8.31. The van der Waals surface area contributed by atoms with Crippen LogP contribution in [0.5, 0.6) is 0 Å². The van der Waals surface area contributed by atoms with Crippen LogP contribution in [0.3, 0.4) is 0 Å². The van der Waals surface area contributed by atoms with Crippen molar-refractivity contribution in [2.24, 2.45) is 0 Å². The second kappa shape index (κ2) is 6.90. The van der Waals surface area contributed by atoms with Gasteiger partial charge in [0.05, 0.1) is 30.1 Å². The fraction of sp³-hybridized carbons (Fsp3) is 0.364. The van der Waals surface area contributed by atoms with E-state index < -0.39 is 0 Å². The highest BCUT2D eigenvalue weighted by molar-refractivity contribution is 5.68. The summed E-state index contributed by atoms with van der Waals surface area (Å²) in [6.07, 6.45) is 9.15. The molecule has 0 spiro atoms. The van der Waals surface area contributed by atoms with Gasteiger partial charge >= 0.3 is 0 Å². The Morgan fingerprint density at radius 2 is 2.10 bits per heavy atom. The van der Waals surface area contributed by atoms with E-state index in [1.165, 1.54) is 18.0 Å². The molecule has 7 nitrogen and oxygen atoms in total. The van der Waals surface area contributed by atoms with Crippen LogP contribution in [0.4, 0.5) is 10.2 Å². The lowest BCUT2D eigenvalue weighted by molar-refractivity contribution is 0.435. The van der Waals surface area contributed by atoms with Crippen LogP contribution in [-0.4, -0.2) is 35.1 Å². The standard InChI is InChI=1S/C22H24FN7/c1-13(2)16-11-27-30-20(29-22(3)5-4-17-19(8-22)26-12-25-17)7-18(28-21(16)30)14-6-15(23)10-24-9-14/h6-7,9-13,29H,4-5,8H2,1-3H3,(H,25,26)/t22-/m0/s1. The monoisotopic (exact) mass is 405 g/mol. The number of aromatic amines is 1. The first-order valence-corrected chi connectivity index (χ1v) is 10.2. The molecule has 0 bridgehead atoms. The van der Waals surface area contributed by atoms with Crippen molar-refractivity contribution in [3.05, 3.63) is 59.8 Å². The zero-order valence-electron chi connectivity index (χ0n) is 17.3. The summed E-state index contributed by atoms with van der Waals surface area (Å²) >= 11 is 0. The molecule has 8 heteroatoms. The van der Waals surface area contributed by atoms with E-state index in [1.807, 2.05) is 16.8 Å². The number of hydrogen-bond donors (Lipinski definition) is 2. The Morgan fingerprint density at radius 1 is 1.23 bits per heavy atom. The summed E-state index contributed by atoms with van der Waals surface area (Å²) in [6.45, 7) is 6.44. The van der Waals surface area contributed by atoms with Gasteiger partial charge < -0.3 is 10.3 Å². The molecule has 0 aliphatic heterocycles. The maximum absolute atomic E-state index is 13.8. The van der Waals surface area contributed by atoms with Crippen LogP contribution in [0.15, 0.2) is 37.1 Å². The largest absolute Gasteiger partial charge is 0.364 e. The van der Waals surface area contributed by atoms with Crippen LogP contribution in [0.25, 0.3) is 16.9 Å². The molecule has 2 N–H and O–H groups in total. The summed E-state index contributed by atoms with van der Waals surface area (Å²) in [5.41, 5.74) is 5.27. The minimum absolute atomic E-state index is 0.171. The zero-order valence-corrected chi connectivity index (χ0v) is 17.3. The van der Waals surface area contributed by atoms with Crippen LogP contribution in [0.1, 0.15) is 50.1 Å². The Bertz CT molecular complexity index is 1230. The summed E-state index contributed by atoms with van der Waals surface area (Å²) < 4.78 is 15.7. The predicted octanol–water partition coefficient (Wildman–Crippen LogP) is 4.14. The second-order valence-electron chi connectivity index (χ2n) is 8.60. The van der Waals surface area contributed by atoms with E-state index in [9.17, 15) is 4.39 Å². The zero-order chi connectivity index (χ0) is 20.9. The van der Waals surface area contributed by atoms with Crippen molar-refractivity contribution in [2.45, 2.75) is 51.5 Å². The fourth-order valence-corrected chi connectivity index (χ4v) is 4.18. The molecule has 154 valence electrons. The van der Waals surface area contributed by atoms with Gasteiger partial charge in [0.25, 0.3) is 0 Å². The van der Waals surface area contributed by atoms with Gasteiger partial charge in [-0.2, -0.15) is 9.61 Å². The molecule has 1 aliphatic carbocycles. The number of nitrogens with one attached hydrogen (secondary N) is 2. The molecular weight excluding hydrogens is 381 g/mol. The van der Waals surface area contributed by atoms with Gasteiger partial charge in [0.2, 0.25) is 0 Å². The first-order valence-electron chi connectivity index (χ1n) is 10.2. The van der Waals surface area contributed by atoms with Crippen LogP contribution in [0, 0.1) is 5.82 Å². The van der Waals surface area contributed by atoms with Crippen molar-refractivity contribution in [2.75, 3.05) is 5.32 Å². The molecule has 4 heterocycles. The molecule has 4 aromatic rings. The molecule has 1 atom stereocenters. The normalized spacial score (nSPS) is 18.7. The third-order valence-corrected chi connectivity index (χ3v) is 5.84. The minimum Gasteiger partial charge on any atom is -0.364 e. The van der Waals surface area contributed by atoms with Crippen molar-refractivity contribution in [1.82, 2.24) is 29.5 Å². The Morgan fingerprint density at radius 3 is 2.90 bits per heavy atom. The highest BCUT2D eigenvalue weighted by Gasteiger charge is 2.32. The number of pyridine rings is 1. The second-order valence-corrected chi connectivity index (χ2v) is 8.60. The van der Waals surface area contributed by atoms with Gasteiger partial charge in [-0.25, -0.2) is 14.4 Å². The summed E-state index contributed by atoms with van der Waals surface area (Å²) in [7, 11) is 0. The molecule has 0 saturated carbocycles. The van der Waals surface area contributed by atoms with Gasteiger partial charge in [0.15, 0.2) is 5.65 Å². The van der Waals surface area contributed by atoms with E-state index in [1.54, 1.807) is 12.5 Å². The average molecular weight is 405 g/mol. The number of fused-ring (bicyclic) bond motifs is 2. The third-order valence-electron chi connectivity index (χ3n) is 5.84. The number of halogens is 1. The summed E-state index contributed by atoms with van der Waals surface area (Å²) in [4.78, 5) is 16.5. The van der Waals surface area contributed by atoms with Gasteiger partial charge in [-0.1, -0.05) is 13.8 Å². The molecule has 0 saturated heterocycles. The molecule has 0 aromatic carbocycles. The van der Waals surface area contributed by atoms with Crippen molar-refractivity contribution in [3.63, 3.8) is 0 Å². The van der Waals surface area contributed by atoms with Crippen LogP contribution in [-0.2, 0) is 12.8 Å². The first kappa shape index (κ1) is 18.7. The Balaban J connectivity index is 1.62. The van der Waals surface area contributed by atoms with Crippen LogP contribution in [0.2, 0.25) is 0 Å². The third kappa shape index (κ3) is 3.22. The lowest BCUT2D eigenvalue weighted by Gasteiger charge is -2.35. The smallest absolute Gasteiger partial charge is 0.161 e. The number of H-pyrrole nitrogens is 1. The van der Waals surface area contributed by atoms with Gasteiger partial charge in [-0.15, -0.1) is 0 Å². The van der Waals surface area contributed by atoms with E-state index in [0.29, 0.717) is 11.3 Å². The van der Waals surface area contributed by atoms with Gasteiger partial charge in [-0.3, -0.25) is 4.98 Å². The molecule has 0 unspecified atom stereocenters. The van der Waals surface area contributed by atoms with E-state index in [2.05, 4.69) is 46.1 Å². The lowest BCUT2D eigenvalue weighted by atomic mass is 9.84. The summed E-state index contributed by atoms with van der Waals surface area (Å²) in [5.74, 6) is 0.713. The highest BCUT2D eigenvalue weighted by Crippen LogP contribution is 2.32. The van der Waals surface area contributed by atoms with Gasteiger partial charge in [0.1, 0.15) is 11.6 Å². The predicted molar refractivity (Wildman–Crippen MR) is 113 cm³/mol. The van der Waals surface area contributed by atoms with Crippen LogP contribution >= 0.6 is 0 Å². The number of nitrogens with zero attached hydrogens (tertiary/aromatic N) is 5. The van der Waals surface area contributed by atoms with Crippen molar-refractivity contribution >= 4 is 11.5 Å². The van der Waals surface area contributed by atoms with E-state index in [-0.39, 0.29) is 17.3 Å². The van der Waals surface area contributed by atoms with E-state index >= 15 is 0 Å². The Kier molecular flexibility index (Phi) is 4.30. The highest BCUT2D eigenvalue weighted by atomic mass is 19.1. The number of anilines is 1. The number of hydrogen-bond acceptors (Lipinski definition) is 5. The van der Waals surface area contributed by atoms with Gasteiger partial charge in [0, 0.05) is 41.0 Å². The Labute approximate surface area is 173 Å². The molecule has 4 aromatic heterocycles. The molecule has 0 amide bonds. The summed E-state index contributed by atoms with van der Waals surface area (Å²) in [6, 6.07) is 3.38. The average Bonchev–Trinajstić information content (AvgIpc) is 3.34. The molecule has 30 heavy (non-hydrogen) atoms. The number of rotatable bonds is 4. The van der Waals surface area contributed by atoms with Crippen molar-refractivity contribution in [1.29, 1.82) is 0 Å². The maximum Gasteiger partial charge on any atom is 0.161 e. The van der Waals surface area contributed by atoms with E-state index in [4.69, 9.17) is 4.98 Å². The van der Waals surface area contributed by atoms with Crippen LogP contribution < -0.4 is 5.32 Å². The Hall–Kier alpha value is -3.29. The topological polar surface area (TPSA) is 83.8 Å². The molecule has 0 fully saturated rings. The lowest BCUT2D eigenvalue weighted by Crippen LogP contribution is -2.41. The molecular formula is C22H24FN7. The molecule has 0 radical (unpaired) electrons. The number of imidazole rings is 1. The minimum atomic E-state index is -0.382. The molecule has 5 rings (SSSR count). The maximum atomic E-state index is 13.8. The first-order chi connectivity index (χ1) is 14.4. The van der Waals surface area contributed by atoms with E-state index in [0.717, 1.165) is 42.0 Å².